The van der Waals surface area contributed by atoms with Gasteiger partial charge in [0.05, 0.1) is 17.1 Å². The van der Waals surface area contributed by atoms with Gasteiger partial charge >= 0.3 is 0 Å². The summed E-state index contributed by atoms with van der Waals surface area (Å²) in [5.41, 5.74) is 0.547. The molecule has 0 fully saturated rings. The molecule has 0 aliphatic rings. The number of ketones is 1. The highest BCUT2D eigenvalue weighted by Gasteiger charge is 2.14. The highest BCUT2D eigenvalue weighted by atomic mass is 35.5. The molecule has 5 nitrogen and oxygen atoms in total. The molecule has 0 bridgehead atoms. The maximum atomic E-state index is 11.9. The molecule has 0 N–H and O–H groups in total. The van der Waals surface area contributed by atoms with Gasteiger partial charge < -0.3 is 0 Å². The molecule has 0 saturated carbocycles. The van der Waals surface area contributed by atoms with Gasteiger partial charge in [-0.3, -0.25) is 14.9 Å². The second-order valence-electron chi connectivity index (χ2n) is 3.92. The van der Waals surface area contributed by atoms with E-state index in [1.165, 1.54) is 24.5 Å². The Bertz CT molecular complexity index is 609. The van der Waals surface area contributed by atoms with Crippen LogP contribution in [0.5, 0.6) is 0 Å². The van der Waals surface area contributed by atoms with Crippen LogP contribution < -0.4 is 4.57 Å². The Kier molecular flexibility index (Phi) is 3.87. The molecule has 0 aliphatic heterocycles. The number of aromatic nitrogens is 1. The minimum atomic E-state index is -0.481. The van der Waals surface area contributed by atoms with Crippen molar-refractivity contribution < 1.29 is 14.3 Å². The van der Waals surface area contributed by atoms with Gasteiger partial charge in [0, 0.05) is 10.6 Å². The van der Waals surface area contributed by atoms with Crippen LogP contribution in [0.1, 0.15) is 10.4 Å². The Balaban J connectivity index is 2.10. The van der Waals surface area contributed by atoms with E-state index >= 15 is 0 Å². The molecular formula is C13H10ClN2O3+. The lowest BCUT2D eigenvalue weighted by Crippen LogP contribution is -2.37. The summed E-state index contributed by atoms with van der Waals surface area (Å²) in [6.07, 6.45) is 3.01. The van der Waals surface area contributed by atoms with Crippen molar-refractivity contribution in [3.63, 3.8) is 0 Å². The van der Waals surface area contributed by atoms with Crippen LogP contribution in [0, 0.1) is 10.1 Å². The van der Waals surface area contributed by atoms with Crippen molar-refractivity contribution >= 4 is 23.1 Å². The molecule has 19 heavy (non-hydrogen) atoms. The average molecular weight is 278 g/mol. The number of carbonyl (C=O) groups excluding carboxylic acids is 1. The van der Waals surface area contributed by atoms with E-state index < -0.39 is 4.92 Å². The number of Topliss-reactive ketones (excluding diaryl/α,β-unsaturated/α-hetero) is 1. The first-order chi connectivity index (χ1) is 9.06. The van der Waals surface area contributed by atoms with Gasteiger partial charge in [0.1, 0.15) is 0 Å². The van der Waals surface area contributed by atoms with Gasteiger partial charge in [-0.1, -0.05) is 11.6 Å². The number of halogens is 1. The molecule has 1 aromatic carbocycles. The van der Waals surface area contributed by atoms with Gasteiger partial charge in [0.15, 0.2) is 12.4 Å². The number of nitro groups is 1. The summed E-state index contributed by atoms with van der Waals surface area (Å²) in [5, 5.41) is 11.1. The van der Waals surface area contributed by atoms with Crippen molar-refractivity contribution in [3.8, 4) is 0 Å². The van der Waals surface area contributed by atoms with Crippen LogP contribution in [-0.4, -0.2) is 10.7 Å². The Labute approximate surface area is 114 Å². The van der Waals surface area contributed by atoms with Gasteiger partial charge in [-0.2, -0.15) is 4.57 Å². The Morgan fingerprint density at radius 3 is 2.26 bits per heavy atom. The van der Waals surface area contributed by atoms with E-state index in [1.807, 2.05) is 0 Å². The molecule has 0 aliphatic carbocycles. The first-order valence-corrected chi connectivity index (χ1v) is 5.86. The molecule has 0 radical (unpaired) electrons. The van der Waals surface area contributed by atoms with E-state index in [4.69, 9.17) is 11.6 Å². The third kappa shape index (κ3) is 3.35. The number of hydrogen-bond donors (Lipinski definition) is 0. The molecule has 6 heteroatoms. The number of carbonyl (C=O) groups is 1. The largest absolute Gasteiger partial charge is 0.287 e. The first-order valence-electron chi connectivity index (χ1n) is 5.48. The molecule has 1 aromatic heterocycles. The van der Waals surface area contributed by atoms with Crippen LogP contribution in [0.25, 0.3) is 0 Å². The summed E-state index contributed by atoms with van der Waals surface area (Å²) in [6, 6.07) is 9.31. The minimum Gasteiger partial charge on any atom is -0.287 e. The zero-order valence-corrected chi connectivity index (χ0v) is 10.6. The number of nitrogens with zero attached hydrogens (tertiary/aromatic N) is 2. The van der Waals surface area contributed by atoms with Crippen LogP contribution >= 0.6 is 11.6 Å². The second kappa shape index (κ2) is 5.58. The second-order valence-corrected chi connectivity index (χ2v) is 4.35. The molecule has 1 heterocycles. The Morgan fingerprint density at radius 2 is 1.74 bits per heavy atom. The van der Waals surface area contributed by atoms with Crippen LogP contribution in [-0.2, 0) is 6.54 Å². The predicted octanol–water partition coefficient (Wildman–Crippen LogP) is 2.42. The molecule has 0 atom stereocenters. The first kappa shape index (κ1) is 13.2. The van der Waals surface area contributed by atoms with Crippen molar-refractivity contribution in [2.24, 2.45) is 0 Å². The van der Waals surface area contributed by atoms with Gasteiger partial charge in [0.2, 0.25) is 12.3 Å². The van der Waals surface area contributed by atoms with E-state index in [0.717, 1.165) is 0 Å². The average Bonchev–Trinajstić information content (AvgIpc) is 2.40. The zero-order chi connectivity index (χ0) is 13.8. The molecule has 0 amide bonds. The quantitative estimate of drug-likeness (QED) is 0.373. The Hall–Kier alpha value is -2.27. The fourth-order valence-corrected chi connectivity index (χ4v) is 1.70. The molecular weight excluding hydrogens is 268 g/mol. The fourth-order valence-electron chi connectivity index (χ4n) is 1.57. The number of hydrogen-bond acceptors (Lipinski definition) is 3. The van der Waals surface area contributed by atoms with Crippen LogP contribution in [0.4, 0.5) is 5.69 Å². The van der Waals surface area contributed by atoms with Gasteiger partial charge in [-0.15, -0.1) is 0 Å². The lowest BCUT2D eigenvalue weighted by Gasteiger charge is -1.98. The van der Waals surface area contributed by atoms with Crippen molar-refractivity contribution in [2.45, 2.75) is 6.54 Å². The van der Waals surface area contributed by atoms with Crippen LogP contribution in [0.3, 0.4) is 0 Å². The standard InChI is InChI=1S/C13H10ClN2O3/c14-11-3-1-10(2-4-11)13(17)9-15-7-5-12(6-8-15)16(18)19/h1-8H,9H2/q+1. The predicted molar refractivity (Wildman–Crippen MR) is 69.1 cm³/mol. The van der Waals surface area contributed by atoms with Crippen molar-refractivity contribution in [1.82, 2.24) is 0 Å². The molecule has 2 aromatic rings. The lowest BCUT2D eigenvalue weighted by atomic mass is 10.1. The van der Waals surface area contributed by atoms with Gasteiger partial charge in [0.25, 0.3) is 5.69 Å². The van der Waals surface area contributed by atoms with Crippen LogP contribution in [0.2, 0.25) is 5.02 Å². The van der Waals surface area contributed by atoms with Gasteiger partial charge in [-0.25, -0.2) is 0 Å². The Morgan fingerprint density at radius 1 is 1.16 bits per heavy atom. The topological polar surface area (TPSA) is 64.1 Å². The maximum Gasteiger partial charge on any atom is 0.281 e. The molecule has 0 saturated heterocycles. The molecule has 96 valence electrons. The highest BCUT2D eigenvalue weighted by molar-refractivity contribution is 6.30. The monoisotopic (exact) mass is 277 g/mol. The normalized spacial score (nSPS) is 10.2. The van der Waals surface area contributed by atoms with E-state index in [2.05, 4.69) is 0 Å². The third-order valence-corrected chi connectivity index (χ3v) is 2.83. The van der Waals surface area contributed by atoms with Gasteiger partial charge in [-0.05, 0) is 24.3 Å². The van der Waals surface area contributed by atoms with Crippen molar-refractivity contribution in [3.05, 3.63) is 69.5 Å². The summed E-state index contributed by atoms with van der Waals surface area (Å²) in [4.78, 5) is 22.0. The molecule has 0 unspecified atom stereocenters. The summed E-state index contributed by atoms with van der Waals surface area (Å²) >= 11 is 5.74. The number of rotatable bonds is 4. The third-order valence-electron chi connectivity index (χ3n) is 2.58. The van der Waals surface area contributed by atoms with Crippen LogP contribution in [0.15, 0.2) is 48.8 Å². The van der Waals surface area contributed by atoms with E-state index in [9.17, 15) is 14.9 Å². The maximum absolute atomic E-state index is 11.9. The van der Waals surface area contributed by atoms with E-state index in [0.29, 0.717) is 10.6 Å². The highest BCUT2D eigenvalue weighted by Crippen LogP contribution is 2.10. The van der Waals surface area contributed by atoms with Crippen molar-refractivity contribution in [2.75, 3.05) is 0 Å². The fraction of sp³-hybridized carbons (Fsp3) is 0.0769. The van der Waals surface area contributed by atoms with E-state index in [1.54, 1.807) is 28.8 Å². The minimum absolute atomic E-state index is 0.00445. The summed E-state index contributed by atoms with van der Waals surface area (Å²) in [7, 11) is 0. The summed E-state index contributed by atoms with van der Waals surface area (Å²) in [5.74, 6) is -0.0875. The molecule has 0 spiro atoms. The number of benzene rings is 1. The summed E-state index contributed by atoms with van der Waals surface area (Å²) < 4.78 is 1.59. The smallest absolute Gasteiger partial charge is 0.281 e. The summed E-state index contributed by atoms with van der Waals surface area (Å²) in [6.45, 7) is 0.125. The SMILES string of the molecule is O=C(C[n+]1ccc([N+](=O)[O-])cc1)c1ccc(Cl)cc1. The van der Waals surface area contributed by atoms with Crippen molar-refractivity contribution in [1.29, 1.82) is 0 Å². The molecule has 2 rings (SSSR count). The van der Waals surface area contributed by atoms with E-state index in [-0.39, 0.29) is 18.0 Å². The zero-order valence-electron chi connectivity index (χ0n) is 9.82. The number of pyridine rings is 1. The lowest BCUT2D eigenvalue weighted by molar-refractivity contribution is -0.683.